The number of nitrogens with one attached hydrogen (secondary N) is 1. The molecule has 1 N–H and O–H groups in total. The molecule has 1 heterocycles. The minimum absolute atomic E-state index is 0.00385. The largest absolute Gasteiger partial charge is 0.497 e. The second kappa shape index (κ2) is 6.02. The first-order valence-corrected chi connectivity index (χ1v) is 7.63. The smallest absolute Gasteiger partial charge is 0.242 e. The van der Waals surface area contributed by atoms with Gasteiger partial charge in [0.15, 0.2) is 0 Å². The van der Waals surface area contributed by atoms with E-state index >= 15 is 0 Å². The maximum absolute atomic E-state index is 11.3. The summed E-state index contributed by atoms with van der Waals surface area (Å²) in [6.45, 7) is 1.53. The summed E-state index contributed by atoms with van der Waals surface area (Å²) < 4.78 is 35.1. The molecule has 0 spiro atoms. The number of sulfonamides is 1. The lowest BCUT2D eigenvalue weighted by Gasteiger charge is -2.00. The monoisotopic (exact) mass is 297 g/mol. The van der Waals surface area contributed by atoms with E-state index in [1.165, 1.54) is 0 Å². The zero-order valence-electron chi connectivity index (χ0n) is 11.2. The molecular formula is C12H15N3O4S. The predicted molar refractivity (Wildman–Crippen MR) is 72.6 cm³/mol. The van der Waals surface area contributed by atoms with E-state index in [0.717, 1.165) is 5.56 Å². The van der Waals surface area contributed by atoms with Crippen molar-refractivity contribution < 1.29 is 17.7 Å². The highest BCUT2D eigenvalue weighted by atomic mass is 32.2. The van der Waals surface area contributed by atoms with Gasteiger partial charge < -0.3 is 9.26 Å². The molecule has 0 atom stereocenters. The van der Waals surface area contributed by atoms with Crippen LogP contribution in [0.15, 0.2) is 28.8 Å². The van der Waals surface area contributed by atoms with E-state index in [1.54, 1.807) is 26.2 Å². The van der Waals surface area contributed by atoms with E-state index in [-0.39, 0.29) is 18.2 Å². The van der Waals surface area contributed by atoms with Crippen LogP contribution in [0.2, 0.25) is 0 Å². The van der Waals surface area contributed by atoms with E-state index in [4.69, 9.17) is 9.26 Å². The Kier molecular flexibility index (Phi) is 4.35. The summed E-state index contributed by atoms with van der Waals surface area (Å²) in [5.41, 5.74) is 0.734. The Hall–Kier alpha value is -1.93. The number of hydrogen-bond acceptors (Lipinski definition) is 6. The van der Waals surface area contributed by atoms with Gasteiger partial charge >= 0.3 is 0 Å². The molecule has 0 aliphatic rings. The molecule has 0 aliphatic heterocycles. The number of ether oxygens (including phenoxy) is 1. The van der Waals surface area contributed by atoms with E-state index < -0.39 is 10.0 Å². The van der Waals surface area contributed by atoms with Gasteiger partial charge in [0.05, 0.1) is 19.4 Å². The fourth-order valence-electron chi connectivity index (χ4n) is 1.48. The molecular weight excluding hydrogens is 282 g/mol. The third-order valence-corrected chi connectivity index (χ3v) is 3.96. The molecule has 1 aromatic carbocycles. The van der Waals surface area contributed by atoms with E-state index in [0.29, 0.717) is 11.6 Å². The Morgan fingerprint density at radius 2 is 2.20 bits per heavy atom. The van der Waals surface area contributed by atoms with Gasteiger partial charge in [-0.25, -0.2) is 13.1 Å². The maximum atomic E-state index is 11.3. The molecule has 1 aromatic heterocycles. The molecule has 20 heavy (non-hydrogen) atoms. The molecule has 0 fully saturated rings. The number of methoxy groups -OCH3 is 1. The van der Waals surface area contributed by atoms with Gasteiger partial charge in [-0.3, -0.25) is 0 Å². The number of aromatic nitrogens is 2. The third-order valence-electron chi connectivity index (χ3n) is 2.62. The lowest BCUT2D eigenvalue weighted by molar-refractivity contribution is 0.376. The second-order valence-electron chi connectivity index (χ2n) is 3.97. The highest BCUT2D eigenvalue weighted by Gasteiger charge is 2.12. The zero-order chi connectivity index (χ0) is 14.6. The number of rotatable bonds is 6. The summed E-state index contributed by atoms with van der Waals surface area (Å²) in [7, 11) is -1.71. The Bertz CT molecular complexity index is 682. The van der Waals surface area contributed by atoms with Gasteiger partial charge in [-0.15, -0.1) is 0 Å². The lowest BCUT2D eigenvalue weighted by atomic mass is 10.2. The molecule has 0 amide bonds. The lowest BCUT2D eigenvalue weighted by Crippen LogP contribution is -2.24. The third kappa shape index (κ3) is 3.55. The van der Waals surface area contributed by atoms with E-state index in [9.17, 15) is 8.42 Å². The van der Waals surface area contributed by atoms with Crippen molar-refractivity contribution in [3.05, 3.63) is 30.2 Å². The van der Waals surface area contributed by atoms with Gasteiger partial charge in [-0.1, -0.05) is 17.3 Å². The van der Waals surface area contributed by atoms with Crippen molar-refractivity contribution in [2.75, 3.05) is 12.9 Å². The van der Waals surface area contributed by atoms with Gasteiger partial charge in [0, 0.05) is 5.56 Å². The number of nitrogens with zero attached hydrogens (tertiary/aromatic N) is 2. The molecule has 0 saturated heterocycles. The summed E-state index contributed by atoms with van der Waals surface area (Å²) in [6.07, 6.45) is 0. The van der Waals surface area contributed by atoms with Crippen LogP contribution >= 0.6 is 0 Å². The first kappa shape index (κ1) is 14.5. The van der Waals surface area contributed by atoms with Gasteiger partial charge in [-0.2, -0.15) is 4.98 Å². The quantitative estimate of drug-likeness (QED) is 0.860. The van der Waals surface area contributed by atoms with Crippen LogP contribution in [0.3, 0.4) is 0 Å². The summed E-state index contributed by atoms with van der Waals surface area (Å²) in [5.74, 6) is 1.28. The zero-order valence-corrected chi connectivity index (χ0v) is 12.0. The van der Waals surface area contributed by atoms with Crippen LogP contribution < -0.4 is 9.46 Å². The highest BCUT2D eigenvalue weighted by Crippen LogP contribution is 2.21. The minimum atomic E-state index is -3.28. The van der Waals surface area contributed by atoms with Crippen molar-refractivity contribution in [2.45, 2.75) is 13.5 Å². The van der Waals surface area contributed by atoms with Crippen molar-refractivity contribution in [3.8, 4) is 17.1 Å². The van der Waals surface area contributed by atoms with Gasteiger partial charge in [-0.05, 0) is 19.1 Å². The average Bonchev–Trinajstić information content (AvgIpc) is 2.94. The van der Waals surface area contributed by atoms with Gasteiger partial charge in [0.1, 0.15) is 5.75 Å². The molecule has 0 radical (unpaired) electrons. The molecule has 2 rings (SSSR count). The van der Waals surface area contributed by atoms with Crippen molar-refractivity contribution in [1.29, 1.82) is 0 Å². The first-order chi connectivity index (χ1) is 9.54. The molecule has 0 aliphatic carbocycles. The Morgan fingerprint density at radius 1 is 1.40 bits per heavy atom. The second-order valence-corrected chi connectivity index (χ2v) is 6.06. The fourth-order valence-corrected chi connectivity index (χ4v) is 2.03. The summed E-state index contributed by atoms with van der Waals surface area (Å²) in [5, 5.41) is 3.81. The predicted octanol–water partition coefficient (Wildman–Crippen LogP) is 1.18. The highest BCUT2D eigenvalue weighted by molar-refractivity contribution is 7.89. The molecule has 108 valence electrons. The van der Waals surface area contributed by atoms with Crippen molar-refractivity contribution in [3.63, 3.8) is 0 Å². The standard InChI is InChI=1S/C12H15N3O4S/c1-3-20(16,17)13-8-11-14-12(15-19-11)9-5-4-6-10(7-9)18-2/h4-7,13H,3,8H2,1-2H3. The van der Waals surface area contributed by atoms with Crippen molar-refractivity contribution in [2.24, 2.45) is 0 Å². The van der Waals surface area contributed by atoms with Crippen LogP contribution in [0.1, 0.15) is 12.8 Å². The van der Waals surface area contributed by atoms with Crippen LogP contribution in [0.5, 0.6) is 5.75 Å². The van der Waals surface area contributed by atoms with E-state index in [2.05, 4.69) is 14.9 Å². The average molecular weight is 297 g/mol. The van der Waals surface area contributed by atoms with Crippen LogP contribution in [0.25, 0.3) is 11.4 Å². The molecule has 0 unspecified atom stereocenters. The van der Waals surface area contributed by atoms with Crippen LogP contribution in [-0.4, -0.2) is 31.4 Å². The van der Waals surface area contributed by atoms with Crippen LogP contribution in [0, 0.1) is 0 Å². The normalized spacial score (nSPS) is 11.5. The van der Waals surface area contributed by atoms with Crippen molar-refractivity contribution >= 4 is 10.0 Å². The number of hydrogen-bond donors (Lipinski definition) is 1. The topological polar surface area (TPSA) is 94.3 Å². The summed E-state index contributed by atoms with van der Waals surface area (Å²) in [6, 6.07) is 7.20. The van der Waals surface area contributed by atoms with Gasteiger partial charge in [0.2, 0.25) is 21.7 Å². The first-order valence-electron chi connectivity index (χ1n) is 5.98. The number of benzene rings is 1. The van der Waals surface area contributed by atoms with Crippen LogP contribution in [0.4, 0.5) is 0 Å². The Morgan fingerprint density at radius 3 is 2.90 bits per heavy atom. The molecule has 2 aromatic rings. The maximum Gasteiger partial charge on any atom is 0.242 e. The molecule has 8 heteroatoms. The molecule has 0 bridgehead atoms. The van der Waals surface area contributed by atoms with Crippen molar-refractivity contribution in [1.82, 2.24) is 14.9 Å². The Balaban J connectivity index is 2.12. The minimum Gasteiger partial charge on any atom is -0.497 e. The fraction of sp³-hybridized carbons (Fsp3) is 0.333. The SMILES string of the molecule is CCS(=O)(=O)NCc1nc(-c2cccc(OC)c2)no1. The molecule has 7 nitrogen and oxygen atoms in total. The molecule has 0 saturated carbocycles. The van der Waals surface area contributed by atoms with Crippen LogP contribution in [-0.2, 0) is 16.6 Å². The summed E-state index contributed by atoms with van der Waals surface area (Å²) in [4.78, 5) is 4.13. The Labute approximate surface area is 117 Å². The van der Waals surface area contributed by atoms with E-state index in [1.807, 2.05) is 12.1 Å². The summed E-state index contributed by atoms with van der Waals surface area (Å²) >= 11 is 0. The van der Waals surface area contributed by atoms with Gasteiger partial charge in [0.25, 0.3) is 0 Å².